The van der Waals surface area contributed by atoms with E-state index < -0.39 is 17.5 Å². The molecule has 2 aromatic rings. The van der Waals surface area contributed by atoms with Gasteiger partial charge in [-0.15, -0.1) is 0 Å². The van der Waals surface area contributed by atoms with E-state index in [2.05, 4.69) is 15.3 Å². The van der Waals surface area contributed by atoms with Crippen molar-refractivity contribution in [3.05, 3.63) is 53.5 Å². The Labute approximate surface area is 113 Å². The van der Waals surface area contributed by atoms with Crippen LogP contribution in [0.5, 0.6) is 5.88 Å². The number of amides is 1. The van der Waals surface area contributed by atoms with Crippen molar-refractivity contribution in [3.63, 3.8) is 0 Å². The van der Waals surface area contributed by atoms with Gasteiger partial charge in [0.25, 0.3) is 5.91 Å². The maximum atomic E-state index is 13.4. The molecule has 0 aliphatic carbocycles. The smallest absolute Gasteiger partial charge is 0.270 e. The van der Waals surface area contributed by atoms with Gasteiger partial charge in [0, 0.05) is 18.2 Å². The van der Waals surface area contributed by atoms with Gasteiger partial charge >= 0.3 is 0 Å². The molecule has 1 amide bonds. The fraction of sp³-hybridized carbons (Fsp3) is 0.154. The third-order valence-corrected chi connectivity index (χ3v) is 2.57. The predicted octanol–water partition coefficient (Wildman–Crippen LogP) is 1.69. The van der Waals surface area contributed by atoms with Crippen LogP contribution in [-0.4, -0.2) is 23.0 Å². The second-order valence-electron chi connectivity index (χ2n) is 3.83. The van der Waals surface area contributed by atoms with E-state index in [1.807, 2.05) is 0 Å². The molecule has 2 rings (SSSR count). The average Bonchev–Trinajstić information content (AvgIpc) is 2.46. The van der Waals surface area contributed by atoms with Crippen LogP contribution < -0.4 is 10.1 Å². The van der Waals surface area contributed by atoms with Crippen LogP contribution >= 0.6 is 0 Å². The molecule has 1 aromatic heterocycles. The molecule has 7 heteroatoms. The number of ether oxygens (including phenoxy) is 1. The van der Waals surface area contributed by atoms with E-state index in [1.165, 1.54) is 19.2 Å². The minimum Gasteiger partial charge on any atom is -0.481 e. The average molecular weight is 279 g/mol. The van der Waals surface area contributed by atoms with Gasteiger partial charge < -0.3 is 10.1 Å². The fourth-order valence-corrected chi connectivity index (χ4v) is 1.54. The molecule has 1 N–H and O–H groups in total. The highest BCUT2D eigenvalue weighted by molar-refractivity contribution is 5.92. The van der Waals surface area contributed by atoms with Gasteiger partial charge in [-0.25, -0.2) is 18.7 Å². The summed E-state index contributed by atoms with van der Waals surface area (Å²) in [5, 5.41) is 2.38. The van der Waals surface area contributed by atoms with E-state index in [1.54, 1.807) is 0 Å². The number of methoxy groups -OCH3 is 1. The van der Waals surface area contributed by atoms with Gasteiger partial charge in [-0.2, -0.15) is 0 Å². The van der Waals surface area contributed by atoms with E-state index in [-0.39, 0.29) is 23.7 Å². The van der Waals surface area contributed by atoms with Gasteiger partial charge in [-0.1, -0.05) is 6.07 Å². The summed E-state index contributed by atoms with van der Waals surface area (Å²) in [6, 6.07) is 4.83. The molecule has 5 nitrogen and oxygen atoms in total. The number of nitrogens with zero attached hydrogens (tertiary/aromatic N) is 2. The molecule has 0 fully saturated rings. The molecule has 0 radical (unpaired) electrons. The minimum absolute atomic E-state index is 0.0496. The van der Waals surface area contributed by atoms with Gasteiger partial charge in [0.1, 0.15) is 23.7 Å². The molecule has 0 aliphatic heterocycles. The van der Waals surface area contributed by atoms with Crippen LogP contribution in [0.3, 0.4) is 0 Å². The molecule has 104 valence electrons. The van der Waals surface area contributed by atoms with E-state index in [4.69, 9.17) is 4.74 Å². The Bertz CT molecular complexity index is 615. The lowest BCUT2D eigenvalue weighted by atomic mass is 10.2. The molecule has 0 spiro atoms. The SMILES string of the molecule is COc1cc(C(=O)NCc2c(F)cccc2F)ncn1. The number of aromatic nitrogens is 2. The summed E-state index contributed by atoms with van der Waals surface area (Å²) < 4.78 is 31.6. The topological polar surface area (TPSA) is 64.1 Å². The zero-order valence-electron chi connectivity index (χ0n) is 10.6. The lowest BCUT2D eigenvalue weighted by Crippen LogP contribution is -2.25. The van der Waals surface area contributed by atoms with Crippen LogP contribution in [0.2, 0.25) is 0 Å². The normalized spacial score (nSPS) is 10.2. The third kappa shape index (κ3) is 3.05. The fourth-order valence-electron chi connectivity index (χ4n) is 1.54. The molecule has 0 aliphatic rings. The van der Waals surface area contributed by atoms with Crippen LogP contribution in [0, 0.1) is 11.6 Å². The van der Waals surface area contributed by atoms with Crippen molar-refractivity contribution in [3.8, 4) is 5.88 Å². The van der Waals surface area contributed by atoms with Gasteiger partial charge in [-0.05, 0) is 12.1 Å². The Morgan fingerprint density at radius 3 is 2.65 bits per heavy atom. The molecular formula is C13H11F2N3O2. The molecule has 0 atom stereocenters. The summed E-state index contributed by atoms with van der Waals surface area (Å²) in [6.07, 6.45) is 1.16. The molecule has 1 aromatic carbocycles. The van der Waals surface area contributed by atoms with Crippen LogP contribution in [0.15, 0.2) is 30.6 Å². The van der Waals surface area contributed by atoms with Crippen molar-refractivity contribution >= 4 is 5.91 Å². The molecule has 0 unspecified atom stereocenters. The summed E-state index contributed by atoms with van der Waals surface area (Å²) in [4.78, 5) is 19.3. The second kappa shape index (κ2) is 6.05. The van der Waals surface area contributed by atoms with Crippen molar-refractivity contribution in [2.45, 2.75) is 6.54 Å². The van der Waals surface area contributed by atoms with Crippen LogP contribution in [0.25, 0.3) is 0 Å². The second-order valence-corrected chi connectivity index (χ2v) is 3.83. The monoisotopic (exact) mass is 279 g/mol. The van der Waals surface area contributed by atoms with Gasteiger partial charge in [0.15, 0.2) is 0 Å². The summed E-state index contributed by atoms with van der Waals surface area (Å²) >= 11 is 0. The standard InChI is InChI=1S/C13H11F2N3O2/c1-20-12-5-11(17-7-18-12)13(19)16-6-8-9(14)3-2-4-10(8)15/h2-5,7H,6H2,1H3,(H,16,19). The minimum atomic E-state index is -0.717. The predicted molar refractivity (Wildman–Crippen MR) is 66.1 cm³/mol. The van der Waals surface area contributed by atoms with Crippen molar-refractivity contribution < 1.29 is 18.3 Å². The molecule has 0 bridgehead atoms. The lowest BCUT2D eigenvalue weighted by molar-refractivity contribution is 0.0944. The highest BCUT2D eigenvalue weighted by Gasteiger charge is 2.12. The van der Waals surface area contributed by atoms with E-state index >= 15 is 0 Å². The number of halogens is 2. The Balaban J connectivity index is 2.09. The zero-order valence-corrected chi connectivity index (χ0v) is 10.6. The van der Waals surface area contributed by atoms with E-state index in [0.717, 1.165) is 18.5 Å². The Morgan fingerprint density at radius 2 is 2.00 bits per heavy atom. The molecular weight excluding hydrogens is 268 g/mol. The van der Waals surface area contributed by atoms with Gasteiger partial charge in [0.05, 0.1) is 7.11 Å². The van der Waals surface area contributed by atoms with Crippen LogP contribution in [0.1, 0.15) is 16.1 Å². The summed E-state index contributed by atoms with van der Waals surface area (Å²) in [7, 11) is 1.40. The largest absolute Gasteiger partial charge is 0.481 e. The number of carbonyl (C=O) groups excluding carboxylic acids is 1. The number of nitrogens with one attached hydrogen (secondary N) is 1. The van der Waals surface area contributed by atoms with Crippen LogP contribution in [0.4, 0.5) is 8.78 Å². The Hall–Kier alpha value is -2.57. The summed E-state index contributed by atoms with van der Waals surface area (Å²) in [6.45, 7) is -0.274. The molecule has 0 saturated heterocycles. The van der Waals surface area contributed by atoms with Gasteiger partial charge in [-0.3, -0.25) is 4.79 Å². The molecule has 0 saturated carbocycles. The highest BCUT2D eigenvalue weighted by atomic mass is 19.1. The van der Waals surface area contributed by atoms with E-state index in [9.17, 15) is 13.6 Å². The first-order valence-corrected chi connectivity index (χ1v) is 5.69. The van der Waals surface area contributed by atoms with Crippen molar-refractivity contribution in [2.75, 3.05) is 7.11 Å². The Kier molecular flexibility index (Phi) is 4.19. The first-order valence-electron chi connectivity index (χ1n) is 5.69. The van der Waals surface area contributed by atoms with Crippen molar-refractivity contribution in [1.82, 2.24) is 15.3 Å². The molecule has 20 heavy (non-hydrogen) atoms. The number of hydrogen-bond donors (Lipinski definition) is 1. The van der Waals surface area contributed by atoms with E-state index in [0.29, 0.717) is 0 Å². The number of benzene rings is 1. The number of carbonyl (C=O) groups is 1. The lowest BCUT2D eigenvalue weighted by Gasteiger charge is -2.07. The first kappa shape index (κ1) is 13.9. The quantitative estimate of drug-likeness (QED) is 0.925. The van der Waals surface area contributed by atoms with Gasteiger partial charge in [0.2, 0.25) is 5.88 Å². The Morgan fingerprint density at radius 1 is 1.30 bits per heavy atom. The van der Waals surface area contributed by atoms with Crippen molar-refractivity contribution in [1.29, 1.82) is 0 Å². The zero-order chi connectivity index (χ0) is 14.5. The molecule has 1 heterocycles. The van der Waals surface area contributed by atoms with Crippen molar-refractivity contribution in [2.24, 2.45) is 0 Å². The summed E-state index contributed by atoms with van der Waals surface area (Å²) in [5.41, 5.74) is -0.157. The maximum absolute atomic E-state index is 13.4. The van der Waals surface area contributed by atoms with Crippen LogP contribution in [-0.2, 0) is 6.54 Å². The first-order chi connectivity index (χ1) is 9.61. The summed E-state index contributed by atoms with van der Waals surface area (Å²) in [5.74, 6) is -1.79. The highest BCUT2D eigenvalue weighted by Crippen LogP contribution is 2.12. The maximum Gasteiger partial charge on any atom is 0.270 e. The third-order valence-electron chi connectivity index (χ3n) is 2.57. The number of hydrogen-bond acceptors (Lipinski definition) is 4. The number of rotatable bonds is 4.